The minimum atomic E-state index is -0.502. The third kappa shape index (κ3) is 2.46. The summed E-state index contributed by atoms with van der Waals surface area (Å²) in [5.41, 5.74) is 1.37. The maximum atomic E-state index is 9.46. The van der Waals surface area contributed by atoms with Crippen LogP contribution in [0.2, 0.25) is 0 Å². The van der Waals surface area contributed by atoms with Crippen molar-refractivity contribution in [2.75, 3.05) is 0 Å². The molecule has 0 aromatic carbocycles. The molecule has 2 heteroatoms. The minimum Gasteiger partial charge on any atom is -0.384 e. The van der Waals surface area contributed by atoms with Crippen LogP contribution in [-0.2, 0) is 0 Å². The predicted molar refractivity (Wildman–Crippen MR) is 55.2 cm³/mol. The van der Waals surface area contributed by atoms with E-state index in [1.54, 1.807) is 6.08 Å². The SMILES string of the molecule is C=CC(O)C(Br)=C1CCCCC1. The van der Waals surface area contributed by atoms with Gasteiger partial charge in [0.1, 0.15) is 6.10 Å². The highest BCUT2D eigenvalue weighted by atomic mass is 79.9. The molecule has 0 spiro atoms. The Balaban J connectivity index is 2.65. The van der Waals surface area contributed by atoms with Gasteiger partial charge in [-0.2, -0.15) is 0 Å². The third-order valence-electron chi connectivity index (χ3n) is 2.28. The monoisotopic (exact) mass is 230 g/mol. The number of allylic oxidation sites excluding steroid dienone is 1. The topological polar surface area (TPSA) is 20.2 Å². The molecule has 1 aliphatic carbocycles. The van der Waals surface area contributed by atoms with Crippen molar-refractivity contribution in [2.24, 2.45) is 0 Å². The number of hydrogen-bond donors (Lipinski definition) is 1. The summed E-state index contributed by atoms with van der Waals surface area (Å²) >= 11 is 3.42. The fraction of sp³-hybridized carbons (Fsp3) is 0.600. The molecule has 0 heterocycles. The van der Waals surface area contributed by atoms with Gasteiger partial charge in [0.15, 0.2) is 0 Å². The Kier molecular flexibility index (Phi) is 4.02. The van der Waals surface area contributed by atoms with Gasteiger partial charge in [-0.15, -0.1) is 6.58 Å². The molecule has 0 aromatic heterocycles. The number of aliphatic hydroxyl groups is 1. The van der Waals surface area contributed by atoms with E-state index in [2.05, 4.69) is 22.5 Å². The number of halogens is 1. The first-order valence-electron chi connectivity index (χ1n) is 4.43. The molecular weight excluding hydrogens is 216 g/mol. The van der Waals surface area contributed by atoms with Gasteiger partial charge in [0.25, 0.3) is 0 Å². The molecule has 1 aliphatic rings. The largest absolute Gasteiger partial charge is 0.384 e. The van der Waals surface area contributed by atoms with Crippen LogP contribution < -0.4 is 0 Å². The zero-order valence-corrected chi connectivity index (χ0v) is 8.81. The Bertz CT molecular complexity index is 188. The van der Waals surface area contributed by atoms with Crippen molar-refractivity contribution in [3.63, 3.8) is 0 Å². The molecule has 1 unspecified atom stereocenters. The van der Waals surface area contributed by atoms with E-state index in [9.17, 15) is 5.11 Å². The quantitative estimate of drug-likeness (QED) is 0.724. The zero-order chi connectivity index (χ0) is 8.97. The molecule has 0 radical (unpaired) electrons. The summed E-state index contributed by atoms with van der Waals surface area (Å²) < 4.78 is 0.942. The Morgan fingerprint density at radius 1 is 1.42 bits per heavy atom. The molecule has 0 saturated heterocycles. The maximum Gasteiger partial charge on any atom is 0.103 e. The Hall–Kier alpha value is -0.0800. The Labute approximate surface area is 82.3 Å². The van der Waals surface area contributed by atoms with Crippen LogP contribution in [0.1, 0.15) is 32.1 Å². The van der Waals surface area contributed by atoms with Gasteiger partial charge in [0, 0.05) is 4.48 Å². The summed E-state index contributed by atoms with van der Waals surface area (Å²) in [5, 5.41) is 9.46. The smallest absolute Gasteiger partial charge is 0.103 e. The molecule has 1 rings (SSSR count). The van der Waals surface area contributed by atoms with Crippen LogP contribution in [0.4, 0.5) is 0 Å². The molecule has 1 nitrogen and oxygen atoms in total. The van der Waals surface area contributed by atoms with Crippen molar-refractivity contribution in [2.45, 2.75) is 38.2 Å². The summed E-state index contributed by atoms with van der Waals surface area (Å²) in [7, 11) is 0. The molecule has 0 bridgehead atoms. The minimum absolute atomic E-state index is 0.502. The van der Waals surface area contributed by atoms with Gasteiger partial charge in [-0.1, -0.05) is 34.0 Å². The second kappa shape index (κ2) is 4.83. The van der Waals surface area contributed by atoms with E-state index in [0.717, 1.165) is 17.3 Å². The highest BCUT2D eigenvalue weighted by Crippen LogP contribution is 2.30. The van der Waals surface area contributed by atoms with Crippen LogP contribution in [0.3, 0.4) is 0 Å². The number of rotatable bonds is 2. The highest BCUT2D eigenvalue weighted by molar-refractivity contribution is 9.11. The molecule has 68 valence electrons. The fourth-order valence-corrected chi connectivity index (χ4v) is 2.11. The van der Waals surface area contributed by atoms with E-state index in [-0.39, 0.29) is 0 Å². The molecule has 1 N–H and O–H groups in total. The van der Waals surface area contributed by atoms with Crippen molar-refractivity contribution >= 4 is 15.9 Å². The summed E-state index contributed by atoms with van der Waals surface area (Å²) in [6.45, 7) is 3.56. The lowest BCUT2D eigenvalue weighted by Gasteiger charge is -2.17. The van der Waals surface area contributed by atoms with Crippen LogP contribution in [0.5, 0.6) is 0 Å². The predicted octanol–water partition coefficient (Wildman–Crippen LogP) is 3.15. The average Bonchev–Trinajstić information content (AvgIpc) is 2.17. The zero-order valence-electron chi connectivity index (χ0n) is 7.22. The van der Waals surface area contributed by atoms with Gasteiger partial charge < -0.3 is 5.11 Å². The normalized spacial score (nSPS) is 20.3. The van der Waals surface area contributed by atoms with Gasteiger partial charge in [0.2, 0.25) is 0 Å². The van der Waals surface area contributed by atoms with E-state index in [1.165, 1.54) is 24.8 Å². The maximum absolute atomic E-state index is 9.46. The average molecular weight is 231 g/mol. The van der Waals surface area contributed by atoms with E-state index in [4.69, 9.17) is 0 Å². The summed E-state index contributed by atoms with van der Waals surface area (Å²) in [6.07, 6.45) is 7.16. The first-order chi connectivity index (χ1) is 5.75. The first kappa shape index (κ1) is 10.0. The van der Waals surface area contributed by atoms with Crippen molar-refractivity contribution in [3.8, 4) is 0 Å². The van der Waals surface area contributed by atoms with Gasteiger partial charge in [-0.25, -0.2) is 0 Å². The highest BCUT2D eigenvalue weighted by Gasteiger charge is 2.13. The molecule has 0 amide bonds. The molecule has 0 aliphatic heterocycles. The molecule has 0 aromatic rings. The van der Waals surface area contributed by atoms with E-state index < -0.39 is 6.10 Å². The second-order valence-electron chi connectivity index (χ2n) is 3.19. The van der Waals surface area contributed by atoms with Crippen LogP contribution in [-0.4, -0.2) is 11.2 Å². The lowest BCUT2D eigenvalue weighted by molar-refractivity contribution is 0.267. The van der Waals surface area contributed by atoms with Crippen LogP contribution >= 0.6 is 15.9 Å². The molecule has 12 heavy (non-hydrogen) atoms. The van der Waals surface area contributed by atoms with Crippen LogP contribution in [0.25, 0.3) is 0 Å². The van der Waals surface area contributed by atoms with E-state index >= 15 is 0 Å². The number of aliphatic hydroxyl groups excluding tert-OH is 1. The lowest BCUT2D eigenvalue weighted by atomic mass is 9.94. The van der Waals surface area contributed by atoms with Crippen LogP contribution in [0, 0.1) is 0 Å². The van der Waals surface area contributed by atoms with Crippen molar-refractivity contribution in [3.05, 3.63) is 22.7 Å². The molecule has 1 fully saturated rings. The van der Waals surface area contributed by atoms with Crippen molar-refractivity contribution in [1.82, 2.24) is 0 Å². The standard InChI is InChI=1S/C10H15BrO/c1-2-9(12)10(11)8-6-4-3-5-7-8/h2,9,12H,1,3-7H2. The summed E-state index contributed by atoms with van der Waals surface area (Å²) in [4.78, 5) is 0. The number of hydrogen-bond acceptors (Lipinski definition) is 1. The summed E-state index contributed by atoms with van der Waals surface area (Å²) in [6, 6.07) is 0. The van der Waals surface area contributed by atoms with Gasteiger partial charge in [-0.05, 0) is 25.7 Å². The van der Waals surface area contributed by atoms with Gasteiger partial charge in [0.05, 0.1) is 0 Å². The molecule has 1 atom stereocenters. The van der Waals surface area contributed by atoms with E-state index in [0.29, 0.717) is 0 Å². The van der Waals surface area contributed by atoms with E-state index in [1.807, 2.05) is 0 Å². The third-order valence-corrected chi connectivity index (χ3v) is 3.31. The van der Waals surface area contributed by atoms with Crippen molar-refractivity contribution in [1.29, 1.82) is 0 Å². The van der Waals surface area contributed by atoms with Gasteiger partial charge in [-0.3, -0.25) is 0 Å². The van der Waals surface area contributed by atoms with Crippen LogP contribution in [0.15, 0.2) is 22.7 Å². The molecule has 1 saturated carbocycles. The first-order valence-corrected chi connectivity index (χ1v) is 5.23. The van der Waals surface area contributed by atoms with Gasteiger partial charge >= 0.3 is 0 Å². The fourth-order valence-electron chi connectivity index (χ4n) is 1.53. The summed E-state index contributed by atoms with van der Waals surface area (Å²) in [5.74, 6) is 0. The Morgan fingerprint density at radius 3 is 2.50 bits per heavy atom. The van der Waals surface area contributed by atoms with Crippen molar-refractivity contribution < 1.29 is 5.11 Å². The second-order valence-corrected chi connectivity index (χ2v) is 4.05. The lowest BCUT2D eigenvalue weighted by Crippen LogP contribution is -2.06. The molecular formula is C10H15BrO. The Morgan fingerprint density at radius 2 is 2.00 bits per heavy atom.